The lowest BCUT2D eigenvalue weighted by Gasteiger charge is -2.37. The van der Waals surface area contributed by atoms with E-state index in [1.165, 1.54) is 0 Å². The number of nitrogens with zero attached hydrogens (tertiary/aromatic N) is 1. The number of hydrogen-bond acceptors (Lipinski definition) is 2. The van der Waals surface area contributed by atoms with Crippen LogP contribution in [-0.4, -0.2) is 36.4 Å². The second kappa shape index (κ2) is 3.96. The third-order valence-electron chi connectivity index (χ3n) is 2.11. The van der Waals surface area contributed by atoms with E-state index >= 15 is 0 Å². The first-order valence-electron chi connectivity index (χ1n) is 4.69. The van der Waals surface area contributed by atoms with Crippen molar-refractivity contribution in [3.8, 4) is 0 Å². The van der Waals surface area contributed by atoms with Crippen LogP contribution in [0.25, 0.3) is 0 Å². The van der Waals surface area contributed by atoms with Crippen molar-refractivity contribution in [1.82, 2.24) is 10.2 Å². The second-order valence-corrected chi connectivity index (χ2v) is 3.84. The Balaban J connectivity index is 2.55. The van der Waals surface area contributed by atoms with Gasteiger partial charge in [0.25, 0.3) is 0 Å². The molecule has 0 aliphatic carbocycles. The van der Waals surface area contributed by atoms with E-state index in [1.54, 1.807) is 11.9 Å². The van der Waals surface area contributed by atoms with Crippen LogP contribution in [-0.2, 0) is 4.74 Å². The number of carbonyl (C=O) groups excluding carboxylic acids is 1. The third-order valence-corrected chi connectivity index (χ3v) is 2.11. The molecule has 0 aromatic heterocycles. The summed E-state index contributed by atoms with van der Waals surface area (Å²) in [6.07, 6.45) is 0.926. The van der Waals surface area contributed by atoms with Crippen molar-refractivity contribution in [2.45, 2.75) is 45.6 Å². The van der Waals surface area contributed by atoms with E-state index in [9.17, 15) is 4.79 Å². The van der Waals surface area contributed by atoms with Gasteiger partial charge in [0.15, 0.2) is 0 Å². The fourth-order valence-corrected chi connectivity index (χ4v) is 1.42. The van der Waals surface area contributed by atoms with Crippen LogP contribution < -0.4 is 5.32 Å². The van der Waals surface area contributed by atoms with E-state index in [4.69, 9.17) is 4.74 Å². The van der Waals surface area contributed by atoms with Gasteiger partial charge in [-0.2, -0.15) is 0 Å². The highest BCUT2D eigenvalue weighted by Gasteiger charge is 2.29. The number of carbonyl (C=O) groups is 1. The number of nitrogens with one attached hydrogen (secondary N) is 1. The summed E-state index contributed by atoms with van der Waals surface area (Å²) < 4.78 is 5.61. The minimum Gasteiger partial charge on any atom is -0.356 e. The predicted octanol–water partition coefficient (Wildman–Crippen LogP) is 1.17. The zero-order valence-electron chi connectivity index (χ0n) is 8.70. The number of hydrogen-bond donors (Lipinski definition) is 1. The predicted molar refractivity (Wildman–Crippen MR) is 50.4 cm³/mol. The van der Waals surface area contributed by atoms with E-state index in [0.717, 1.165) is 6.42 Å². The molecule has 13 heavy (non-hydrogen) atoms. The molecule has 0 aromatic carbocycles. The average molecular weight is 186 g/mol. The molecule has 1 fully saturated rings. The lowest BCUT2D eigenvalue weighted by atomic mass is 10.1. The van der Waals surface area contributed by atoms with Gasteiger partial charge in [0, 0.05) is 19.5 Å². The van der Waals surface area contributed by atoms with Gasteiger partial charge < -0.3 is 15.0 Å². The Kier molecular flexibility index (Phi) is 3.14. The molecule has 1 saturated heterocycles. The van der Waals surface area contributed by atoms with Crippen LogP contribution >= 0.6 is 0 Å². The van der Waals surface area contributed by atoms with Gasteiger partial charge in [0.05, 0.1) is 6.10 Å². The summed E-state index contributed by atoms with van der Waals surface area (Å²) in [5.74, 6) is 0. The molecular weight excluding hydrogens is 168 g/mol. The number of ether oxygens (including phenoxy) is 1. The van der Waals surface area contributed by atoms with Crippen LogP contribution in [0.15, 0.2) is 0 Å². The quantitative estimate of drug-likeness (QED) is 0.703. The second-order valence-electron chi connectivity index (χ2n) is 3.84. The Morgan fingerprint density at radius 3 is 2.77 bits per heavy atom. The topological polar surface area (TPSA) is 41.6 Å². The van der Waals surface area contributed by atoms with Gasteiger partial charge in [-0.05, 0) is 20.8 Å². The standard InChI is InChI=1S/C9H18N2O2/c1-6(2)13-8-5-7(3)10-9(12)11(8)4/h6-8H,5H2,1-4H3,(H,10,12). The van der Waals surface area contributed by atoms with Gasteiger partial charge in [-0.3, -0.25) is 0 Å². The van der Waals surface area contributed by atoms with Crippen LogP contribution in [0.5, 0.6) is 0 Å². The summed E-state index contributed by atoms with van der Waals surface area (Å²) >= 11 is 0. The summed E-state index contributed by atoms with van der Waals surface area (Å²) in [6.45, 7) is 5.94. The van der Waals surface area contributed by atoms with Crippen molar-refractivity contribution < 1.29 is 9.53 Å². The summed E-state index contributed by atoms with van der Waals surface area (Å²) in [5, 5.41) is 2.84. The molecule has 2 atom stereocenters. The molecule has 1 N–H and O–H groups in total. The minimum absolute atomic E-state index is 0.0515. The van der Waals surface area contributed by atoms with E-state index in [-0.39, 0.29) is 24.4 Å². The highest BCUT2D eigenvalue weighted by atomic mass is 16.5. The SMILES string of the molecule is CC1CC(OC(C)C)N(C)C(=O)N1. The zero-order valence-corrected chi connectivity index (χ0v) is 8.70. The van der Waals surface area contributed by atoms with Gasteiger partial charge >= 0.3 is 6.03 Å². The lowest BCUT2D eigenvalue weighted by Crippen LogP contribution is -2.55. The summed E-state index contributed by atoms with van der Waals surface area (Å²) in [6, 6.07) is 0.150. The molecule has 1 aliphatic rings. The van der Waals surface area contributed by atoms with Crippen LogP contribution in [0.4, 0.5) is 4.79 Å². The molecule has 4 nitrogen and oxygen atoms in total. The van der Waals surface area contributed by atoms with Crippen molar-refractivity contribution in [1.29, 1.82) is 0 Å². The van der Waals surface area contributed by atoms with E-state index in [2.05, 4.69) is 5.32 Å². The molecule has 0 aromatic rings. The van der Waals surface area contributed by atoms with Gasteiger partial charge in [-0.25, -0.2) is 4.79 Å². The Morgan fingerprint density at radius 1 is 1.62 bits per heavy atom. The van der Waals surface area contributed by atoms with Crippen LogP contribution in [0.1, 0.15) is 27.2 Å². The van der Waals surface area contributed by atoms with Gasteiger partial charge in [0.1, 0.15) is 6.23 Å². The molecule has 4 heteroatoms. The van der Waals surface area contributed by atoms with Crippen LogP contribution in [0, 0.1) is 0 Å². The van der Waals surface area contributed by atoms with Gasteiger partial charge in [0.2, 0.25) is 0 Å². The van der Waals surface area contributed by atoms with E-state index < -0.39 is 0 Å². The summed E-state index contributed by atoms with van der Waals surface area (Å²) in [7, 11) is 1.76. The molecule has 0 radical (unpaired) electrons. The molecule has 76 valence electrons. The van der Waals surface area contributed by atoms with Crippen LogP contribution in [0.2, 0.25) is 0 Å². The Hall–Kier alpha value is -0.770. The van der Waals surface area contributed by atoms with Crippen molar-refractivity contribution in [3.63, 3.8) is 0 Å². The van der Waals surface area contributed by atoms with Crippen LogP contribution in [0.3, 0.4) is 0 Å². The first-order valence-corrected chi connectivity index (χ1v) is 4.69. The van der Waals surface area contributed by atoms with E-state index in [0.29, 0.717) is 0 Å². The molecule has 2 unspecified atom stereocenters. The van der Waals surface area contributed by atoms with Crippen molar-refractivity contribution >= 4 is 6.03 Å². The highest BCUT2D eigenvalue weighted by molar-refractivity contribution is 5.75. The maximum absolute atomic E-state index is 11.3. The Morgan fingerprint density at radius 2 is 2.23 bits per heavy atom. The van der Waals surface area contributed by atoms with E-state index in [1.807, 2.05) is 20.8 Å². The lowest BCUT2D eigenvalue weighted by molar-refractivity contribution is -0.0768. The molecular formula is C9H18N2O2. The maximum atomic E-state index is 11.3. The number of amides is 2. The molecule has 0 saturated carbocycles. The first kappa shape index (κ1) is 10.3. The minimum atomic E-state index is -0.0799. The smallest absolute Gasteiger partial charge is 0.319 e. The zero-order chi connectivity index (χ0) is 10.0. The van der Waals surface area contributed by atoms with Crippen molar-refractivity contribution in [2.24, 2.45) is 0 Å². The highest BCUT2D eigenvalue weighted by Crippen LogP contribution is 2.14. The molecule has 0 spiro atoms. The van der Waals surface area contributed by atoms with Crippen molar-refractivity contribution in [2.75, 3.05) is 7.05 Å². The normalized spacial score (nSPS) is 29.3. The third kappa shape index (κ3) is 2.59. The average Bonchev–Trinajstić information content (AvgIpc) is 1.98. The molecule has 0 bridgehead atoms. The fraction of sp³-hybridized carbons (Fsp3) is 0.889. The van der Waals surface area contributed by atoms with Gasteiger partial charge in [-0.15, -0.1) is 0 Å². The molecule has 1 aliphatic heterocycles. The first-order chi connectivity index (χ1) is 6.00. The molecule has 1 heterocycles. The monoisotopic (exact) mass is 186 g/mol. The molecule has 1 rings (SSSR count). The Bertz CT molecular complexity index is 192. The summed E-state index contributed by atoms with van der Waals surface area (Å²) in [5.41, 5.74) is 0. The maximum Gasteiger partial charge on any atom is 0.319 e. The fourth-order valence-electron chi connectivity index (χ4n) is 1.42. The molecule has 2 amide bonds. The summed E-state index contributed by atoms with van der Waals surface area (Å²) in [4.78, 5) is 12.9. The van der Waals surface area contributed by atoms with Gasteiger partial charge in [-0.1, -0.05) is 0 Å². The Labute approximate surface area is 79.2 Å². The number of rotatable bonds is 2. The largest absolute Gasteiger partial charge is 0.356 e. The van der Waals surface area contributed by atoms with Crippen molar-refractivity contribution in [3.05, 3.63) is 0 Å². The number of urea groups is 1.